The predicted molar refractivity (Wildman–Crippen MR) is 445 cm³/mol. The Balaban J connectivity index is 0.000000156. The summed E-state index contributed by atoms with van der Waals surface area (Å²) in [5.41, 5.74) is 10.0. The molecule has 602 valence electrons. The van der Waals surface area contributed by atoms with Crippen LogP contribution in [0.1, 0.15) is 247 Å². The molecule has 11 heterocycles. The number of hydrogen-bond acceptors (Lipinski definition) is 21. The summed E-state index contributed by atoms with van der Waals surface area (Å²) in [5.74, 6) is 1.02. The number of pyridine rings is 3. The summed E-state index contributed by atoms with van der Waals surface area (Å²) in [4.78, 5) is 124. The zero-order chi connectivity index (χ0) is 80.1. The molecule has 1 unspecified atom stereocenters. The molecule has 6 aromatic rings. The van der Waals surface area contributed by atoms with E-state index in [9.17, 15) is 33.6 Å². The van der Waals surface area contributed by atoms with Gasteiger partial charge in [-0.05, 0) is 140 Å². The van der Waals surface area contributed by atoms with Crippen LogP contribution in [0.2, 0.25) is 18.5 Å². The van der Waals surface area contributed by atoms with Crippen LogP contribution in [0.15, 0.2) is 28.6 Å². The predicted octanol–water partition coefficient (Wildman–Crippen LogP) is 16.5. The number of carbonyl (C=O) groups is 7. The molecule has 0 radical (unpaired) electrons. The number of ether oxygens (including phenoxy) is 3. The number of aromatic nitrogens is 6. The number of carbonyl (C=O) groups excluding carboxylic acids is 7. The average molecular weight is 1710 g/mol. The Bertz CT molecular complexity index is 4320. The van der Waals surface area contributed by atoms with Crippen LogP contribution in [0.25, 0.3) is 31.7 Å². The number of Topliss-reactive ketones (excluding diaryl/α,β-unsaturated/α-hetero) is 1. The third-order valence-electron chi connectivity index (χ3n) is 22.2. The Kier molecular flexibility index (Phi) is 30.9. The number of rotatable bonds is 27. The van der Waals surface area contributed by atoms with Crippen LogP contribution in [-0.2, 0) is 48.2 Å². The Hall–Kier alpha value is -6.70. The largest absolute Gasteiger partial charge is 0.379 e. The molecular formula is C82H115ClN14O10S3Sn. The maximum absolute atomic E-state index is 13.6. The first-order valence-electron chi connectivity index (χ1n) is 40.0. The number of halogens is 1. The topological polar surface area (TPSA) is 286 Å². The molecule has 0 spiro atoms. The first-order chi connectivity index (χ1) is 53.1. The fraction of sp³-hybridized carbons (Fsp3) is 0.598. The molecule has 6 aromatic heterocycles. The molecule has 0 aromatic carbocycles. The van der Waals surface area contributed by atoms with Gasteiger partial charge in [0, 0.05) is 91.6 Å². The molecule has 4 atom stereocenters. The molecule has 5 aliphatic heterocycles. The number of nitrogens with one attached hydrogen (secondary N) is 4. The van der Waals surface area contributed by atoms with Gasteiger partial charge in [0.05, 0.1) is 104 Å². The fourth-order valence-corrected chi connectivity index (χ4v) is 33.1. The van der Waals surface area contributed by atoms with E-state index < -0.39 is 18.4 Å². The number of hydrogen-bond donors (Lipinski definition) is 4. The molecule has 6 amide bonds. The van der Waals surface area contributed by atoms with Crippen molar-refractivity contribution in [2.24, 2.45) is 17.8 Å². The van der Waals surface area contributed by atoms with Crippen LogP contribution in [0.4, 0.5) is 15.4 Å². The van der Waals surface area contributed by atoms with Gasteiger partial charge < -0.3 is 45.4 Å². The van der Waals surface area contributed by atoms with Crippen LogP contribution in [0.5, 0.6) is 0 Å². The molecular weight excluding hydrogens is 1590 g/mol. The minimum atomic E-state index is -2.24. The normalized spacial score (nSPS) is 17.6. The second-order valence-corrected chi connectivity index (χ2v) is 47.3. The zero-order valence-corrected chi connectivity index (χ0v) is 73.8. The summed E-state index contributed by atoms with van der Waals surface area (Å²) in [6.07, 6.45) is 15.2. The van der Waals surface area contributed by atoms with Crippen molar-refractivity contribution >= 4 is 121 Å². The number of ketones is 1. The van der Waals surface area contributed by atoms with Gasteiger partial charge in [-0.3, -0.25) is 38.5 Å². The average Bonchev–Trinajstić information content (AvgIpc) is 1.62. The van der Waals surface area contributed by atoms with E-state index in [1.165, 1.54) is 143 Å². The third-order valence-corrected chi connectivity index (χ3v) is 40.7. The van der Waals surface area contributed by atoms with E-state index in [4.69, 9.17) is 30.8 Å². The van der Waals surface area contributed by atoms with Crippen molar-refractivity contribution < 1.29 is 47.8 Å². The smallest absolute Gasteiger partial charge is 0.257 e. The number of nitrogens with zero attached hydrogens (tertiary/aromatic N) is 10. The van der Waals surface area contributed by atoms with Crippen LogP contribution in [-0.4, -0.2) is 186 Å². The summed E-state index contributed by atoms with van der Waals surface area (Å²) in [5, 5.41) is 13.2. The molecule has 3 saturated carbocycles. The number of thiazole rings is 3. The van der Waals surface area contributed by atoms with Gasteiger partial charge in [0.1, 0.15) is 10.8 Å². The van der Waals surface area contributed by atoms with Gasteiger partial charge in [-0.25, -0.2) is 29.9 Å². The van der Waals surface area contributed by atoms with Crippen LogP contribution in [0.3, 0.4) is 0 Å². The van der Waals surface area contributed by atoms with E-state index in [-0.39, 0.29) is 76.2 Å². The SMILES string of the molecule is C1COCCN1.C=[C](OCC)[Sn]([CH2]CCC)([CH2]CCC)[CH2]CCC.CC(=O)Nc1nc(C)c(-c2cc3c(c(C(C)=O)n2)C(=O)N([C@@H](C)C2CC2)C3)s1.CC(=O)Nc1nc(C)c(-c2cc3c(c(C(C)N4CCOCC4)n2)C(=O)N([C@@H](C)C2CC2)C3)s1.CC(=O)Nc1nc(C)c(-c2cc3c(c(Cl)n2)C(=O)N([C@@H](C)C2CC2)C3)s1. The van der Waals surface area contributed by atoms with E-state index >= 15 is 0 Å². The van der Waals surface area contributed by atoms with Crippen molar-refractivity contribution in [2.75, 3.05) is 75.2 Å². The van der Waals surface area contributed by atoms with Gasteiger partial charge in [-0.2, -0.15) is 0 Å². The Morgan fingerprint density at radius 1 is 0.559 bits per heavy atom. The Morgan fingerprint density at radius 2 is 0.928 bits per heavy atom. The van der Waals surface area contributed by atoms with Gasteiger partial charge in [0.25, 0.3) is 17.7 Å². The second kappa shape index (κ2) is 39.6. The molecule has 24 nitrogen and oxygen atoms in total. The Morgan fingerprint density at radius 3 is 1.29 bits per heavy atom. The summed E-state index contributed by atoms with van der Waals surface area (Å²) < 4.78 is 22.1. The van der Waals surface area contributed by atoms with E-state index in [0.29, 0.717) is 88.5 Å². The van der Waals surface area contributed by atoms with Crippen molar-refractivity contribution in [3.8, 4) is 31.7 Å². The third kappa shape index (κ3) is 21.8. The number of aryl methyl sites for hydroxylation is 3. The first-order valence-corrected chi connectivity index (χ1v) is 50.3. The van der Waals surface area contributed by atoms with Crippen LogP contribution in [0, 0.1) is 38.5 Å². The number of morpholine rings is 2. The van der Waals surface area contributed by atoms with Crippen LogP contribution >= 0.6 is 45.6 Å². The van der Waals surface area contributed by atoms with Gasteiger partial charge in [-0.1, -0.05) is 45.6 Å². The molecule has 2 saturated heterocycles. The van der Waals surface area contributed by atoms with Crippen molar-refractivity contribution in [3.05, 3.63) is 95.6 Å². The fourth-order valence-electron chi connectivity index (χ4n) is 15.3. The minimum absolute atomic E-state index is 0.00535. The summed E-state index contributed by atoms with van der Waals surface area (Å²) in [6, 6.07) is 6.52. The molecule has 8 aliphatic rings. The second-order valence-electron chi connectivity index (χ2n) is 30.7. The Labute approximate surface area is 676 Å². The van der Waals surface area contributed by atoms with Gasteiger partial charge in [0.2, 0.25) is 17.7 Å². The number of anilines is 3. The molecule has 29 heteroatoms. The van der Waals surface area contributed by atoms with Crippen molar-refractivity contribution in [1.29, 1.82) is 0 Å². The summed E-state index contributed by atoms with van der Waals surface area (Å²) in [7, 11) is 0. The molecule has 111 heavy (non-hydrogen) atoms. The minimum Gasteiger partial charge on any atom is -0.379 e. The molecule has 0 bridgehead atoms. The van der Waals surface area contributed by atoms with E-state index in [1.807, 2.05) is 47.6 Å². The summed E-state index contributed by atoms with van der Waals surface area (Å²) in [6.45, 7) is 42.7. The maximum atomic E-state index is 13.6. The van der Waals surface area contributed by atoms with E-state index in [1.54, 1.807) is 0 Å². The molecule has 14 rings (SSSR count). The maximum Gasteiger partial charge on any atom is 0.257 e. The van der Waals surface area contributed by atoms with Gasteiger partial charge in [0.15, 0.2) is 21.2 Å². The standard InChI is InChI=1S/C24H31N5O3S.C20H22N4O3S.C18H19ClN4O2S.C4H9NO.C4H7O.3C4H9.Sn/c1-13-22(33-24(25-13)26-16(4)30)19-11-18-12-29(14(2)17-5-6-17)23(31)20(18)21(27-19)15(3)28-7-9-32-10-8-28;1-9-18(28-20(21-9)22-12(4)26)15-7-14-8-24(10(2)13-5-6-13)19(27)16(14)17(23-15)11(3)25;1-8-15(26-18(20-8)21-10(3)24)13-6-12-7-23(9(2)11-4-5-11)17(25)14(12)16(19)22-13;1-3-6-4-2-5-1;1-3-5-4-2;3*1-3-4-2;/h11,14-15,17H,5-10,12H2,1-4H3,(H,25,26,30);7,10,13H,5-6,8H2,1-4H3,(H,21,22,26);6,9,11H,4-5,7H2,1-3H3,(H,20,21,24);5H,1-4H2;1,4H2,2H3;3*1,3-4H2,2H3;/t14-,15?;10-;9-;;;;;;/m000....../s1. The number of amides is 6. The number of unbranched alkanes of at least 4 members (excludes halogenated alkanes) is 3. The van der Waals surface area contributed by atoms with Gasteiger partial charge >= 0.3 is 120 Å². The molecule has 4 N–H and O–H groups in total. The van der Waals surface area contributed by atoms with Crippen molar-refractivity contribution in [3.63, 3.8) is 0 Å². The van der Waals surface area contributed by atoms with Crippen LogP contribution < -0.4 is 21.3 Å². The van der Waals surface area contributed by atoms with Gasteiger partial charge in [-0.15, -0.1) is 0 Å². The molecule has 5 fully saturated rings. The quantitative estimate of drug-likeness (QED) is 0.0161. The summed E-state index contributed by atoms with van der Waals surface area (Å²) >= 11 is 8.24. The van der Waals surface area contributed by atoms with Crippen molar-refractivity contribution in [1.82, 2.24) is 54.8 Å². The van der Waals surface area contributed by atoms with E-state index in [2.05, 4.69) is 119 Å². The monoisotopic (exact) mass is 1710 g/mol. The number of fused-ring (bicyclic) bond motifs is 3. The zero-order valence-electron chi connectivity index (χ0n) is 67.7. The first kappa shape index (κ1) is 86.7. The molecule has 3 aliphatic carbocycles. The van der Waals surface area contributed by atoms with Crippen molar-refractivity contribution in [2.45, 2.75) is 238 Å². The van der Waals surface area contributed by atoms with E-state index in [0.717, 1.165) is 124 Å².